The summed E-state index contributed by atoms with van der Waals surface area (Å²) in [4.78, 5) is 20.1. The number of ether oxygens (including phenoxy) is 1. The van der Waals surface area contributed by atoms with Crippen molar-refractivity contribution in [2.24, 2.45) is 0 Å². The lowest BCUT2D eigenvalue weighted by Gasteiger charge is -2.29. The molecule has 0 radical (unpaired) electrons. The van der Waals surface area contributed by atoms with Crippen molar-refractivity contribution in [1.29, 1.82) is 0 Å². The molecule has 0 bridgehead atoms. The van der Waals surface area contributed by atoms with Crippen LogP contribution in [0.3, 0.4) is 0 Å². The number of phenols is 1. The Kier molecular flexibility index (Phi) is 9.95. The lowest BCUT2D eigenvalue weighted by Crippen LogP contribution is -2.35. The fraction of sp³-hybridized carbons (Fsp3) is 0.378. The van der Waals surface area contributed by atoms with E-state index in [-0.39, 0.29) is 11.7 Å². The Hall–Kier alpha value is -4.07. The van der Waals surface area contributed by atoms with E-state index in [2.05, 4.69) is 34.1 Å². The average Bonchev–Trinajstić information content (AvgIpc) is 3.57. The van der Waals surface area contributed by atoms with E-state index < -0.39 is 0 Å². The predicted octanol–water partition coefficient (Wildman–Crippen LogP) is 6.64. The predicted molar refractivity (Wildman–Crippen MR) is 171 cm³/mol. The largest absolute Gasteiger partial charge is 0.508 e. The van der Waals surface area contributed by atoms with Crippen LogP contribution in [0.4, 0.5) is 0 Å². The van der Waals surface area contributed by atoms with Gasteiger partial charge in [-0.25, -0.2) is 0 Å². The number of fused-ring (bicyclic) bond motifs is 1. The van der Waals surface area contributed by atoms with E-state index in [1.165, 1.54) is 43.5 Å². The van der Waals surface area contributed by atoms with E-state index in [0.29, 0.717) is 25.2 Å². The number of piperidine rings is 1. The molecule has 4 aromatic rings. The summed E-state index contributed by atoms with van der Waals surface area (Å²) in [7, 11) is 0. The zero-order chi connectivity index (χ0) is 30.1. The monoisotopic (exact) mass is 593 g/mol. The first-order valence-electron chi connectivity index (χ1n) is 16.0. The van der Waals surface area contributed by atoms with Crippen LogP contribution in [0.5, 0.6) is 11.5 Å². The smallest absolute Gasteiger partial charge is 0.254 e. The molecule has 0 saturated carbocycles. The zero-order valence-corrected chi connectivity index (χ0v) is 25.5. The molecule has 1 N–H and O–H groups in total. The van der Waals surface area contributed by atoms with Crippen molar-refractivity contribution >= 4 is 5.91 Å². The number of rotatable bonds is 12. The first-order chi connectivity index (χ1) is 21.6. The first kappa shape index (κ1) is 30.0. The number of phenolic OH excluding ortho intramolecular Hbond substituents is 1. The normalized spacial score (nSPS) is 15.3. The molecular weight excluding hydrogens is 550 g/mol. The van der Waals surface area contributed by atoms with Crippen LogP contribution in [-0.4, -0.2) is 58.5 Å². The van der Waals surface area contributed by atoms with E-state index in [9.17, 15) is 9.90 Å². The maximum absolute atomic E-state index is 13.3. The number of aromatic hydroxyl groups is 1. The van der Waals surface area contributed by atoms with Gasteiger partial charge in [0.15, 0.2) is 0 Å². The van der Waals surface area contributed by atoms with Gasteiger partial charge in [0, 0.05) is 38.3 Å². The van der Waals surface area contributed by atoms with Crippen molar-refractivity contribution in [1.82, 2.24) is 14.7 Å². The van der Waals surface area contributed by atoms with Gasteiger partial charge < -0.3 is 24.1 Å². The molecule has 2 aliphatic rings. The quantitative estimate of drug-likeness (QED) is 0.186. The molecule has 0 atom stereocenters. The average molecular weight is 594 g/mol. The van der Waals surface area contributed by atoms with Gasteiger partial charge in [-0.15, -0.1) is 0 Å². The maximum atomic E-state index is 13.3. The Morgan fingerprint density at radius 3 is 2.32 bits per heavy atom. The van der Waals surface area contributed by atoms with E-state index >= 15 is 0 Å². The Balaban J connectivity index is 1.04. The third-order valence-corrected chi connectivity index (χ3v) is 8.72. The highest BCUT2D eigenvalue weighted by Crippen LogP contribution is 2.25. The molecule has 7 nitrogen and oxygen atoms in total. The van der Waals surface area contributed by atoms with Gasteiger partial charge in [-0.1, -0.05) is 36.8 Å². The molecule has 0 aliphatic carbocycles. The number of carbonyl (C=O) groups is 1. The molecule has 1 saturated heterocycles. The summed E-state index contributed by atoms with van der Waals surface area (Å²) in [6, 6.07) is 25.8. The number of amides is 1. The second-order valence-electron chi connectivity index (χ2n) is 12.1. The minimum absolute atomic E-state index is 0.0202. The summed E-state index contributed by atoms with van der Waals surface area (Å²) >= 11 is 0. The topological polar surface area (TPSA) is 69.4 Å². The molecular formula is C37H43N3O4. The number of benzene rings is 3. The number of nitrogens with zero attached hydrogens (tertiary/aromatic N) is 3. The maximum Gasteiger partial charge on any atom is 0.254 e. The second-order valence-corrected chi connectivity index (χ2v) is 12.1. The standard InChI is InChI=1S/C37H43N3O4/c41-34-14-13-31-17-21-40(27-33(31)24-34)37(42)32-11-7-29(8-12-32)25-39(28-36-6-4-22-44-36)26-30-9-15-35(16-10-30)43-23-5-20-38-18-2-1-3-19-38/h4,6-16,22,24,41H,1-3,5,17-21,23,25-28H2. The number of likely N-dealkylation sites (tertiary alicyclic amines) is 1. The molecule has 0 spiro atoms. The first-order valence-corrected chi connectivity index (χ1v) is 16.0. The molecule has 6 rings (SSSR count). The molecule has 1 amide bonds. The Morgan fingerprint density at radius 1 is 0.841 bits per heavy atom. The Bertz CT molecular complexity index is 1480. The summed E-state index contributed by atoms with van der Waals surface area (Å²) in [5.74, 6) is 2.09. The van der Waals surface area contributed by atoms with E-state index in [1.807, 2.05) is 47.4 Å². The van der Waals surface area contributed by atoms with Gasteiger partial charge in [0.25, 0.3) is 5.91 Å². The zero-order valence-electron chi connectivity index (χ0n) is 25.5. The summed E-state index contributed by atoms with van der Waals surface area (Å²) in [6.45, 7) is 7.68. The number of furan rings is 1. The molecule has 230 valence electrons. The van der Waals surface area contributed by atoms with Crippen LogP contribution >= 0.6 is 0 Å². The van der Waals surface area contributed by atoms with Crippen molar-refractivity contribution in [3.63, 3.8) is 0 Å². The fourth-order valence-electron chi connectivity index (χ4n) is 6.31. The molecule has 2 aliphatic heterocycles. The molecule has 1 aromatic heterocycles. The van der Waals surface area contributed by atoms with Crippen LogP contribution in [0, 0.1) is 0 Å². The van der Waals surface area contributed by atoms with Gasteiger partial charge >= 0.3 is 0 Å². The highest BCUT2D eigenvalue weighted by molar-refractivity contribution is 5.94. The summed E-state index contributed by atoms with van der Waals surface area (Å²) in [5, 5.41) is 9.88. The van der Waals surface area contributed by atoms with Crippen LogP contribution in [0.15, 0.2) is 89.5 Å². The van der Waals surface area contributed by atoms with Crippen molar-refractivity contribution in [2.75, 3.05) is 32.8 Å². The Morgan fingerprint density at radius 2 is 1.59 bits per heavy atom. The molecule has 3 heterocycles. The number of hydrogen-bond acceptors (Lipinski definition) is 6. The van der Waals surface area contributed by atoms with Gasteiger partial charge in [0.05, 0.1) is 19.4 Å². The summed E-state index contributed by atoms with van der Waals surface area (Å²) in [6.07, 6.45) is 7.59. The SMILES string of the molecule is O=C(c1ccc(CN(Cc2ccc(OCCCN3CCCCC3)cc2)Cc2ccco2)cc1)N1CCc2ccc(O)cc2C1. The van der Waals surface area contributed by atoms with E-state index in [4.69, 9.17) is 9.15 Å². The van der Waals surface area contributed by atoms with Crippen LogP contribution in [0.1, 0.15) is 64.1 Å². The van der Waals surface area contributed by atoms with E-state index in [0.717, 1.165) is 61.7 Å². The lowest BCUT2D eigenvalue weighted by molar-refractivity contribution is 0.0734. The third-order valence-electron chi connectivity index (χ3n) is 8.72. The van der Waals surface area contributed by atoms with Gasteiger partial charge in [-0.05, 0) is 110 Å². The number of hydrogen-bond donors (Lipinski definition) is 1. The van der Waals surface area contributed by atoms with Crippen LogP contribution in [0.2, 0.25) is 0 Å². The highest BCUT2D eigenvalue weighted by atomic mass is 16.5. The molecule has 1 fully saturated rings. The van der Waals surface area contributed by atoms with Crippen LogP contribution in [-0.2, 0) is 32.6 Å². The van der Waals surface area contributed by atoms with Crippen molar-refractivity contribution in [3.8, 4) is 11.5 Å². The van der Waals surface area contributed by atoms with Gasteiger partial charge in [0.2, 0.25) is 0 Å². The fourth-order valence-corrected chi connectivity index (χ4v) is 6.31. The van der Waals surface area contributed by atoms with Gasteiger partial charge in [-0.2, -0.15) is 0 Å². The third kappa shape index (κ3) is 8.10. The Labute approximate surface area is 260 Å². The second kappa shape index (κ2) is 14.6. The van der Waals surface area contributed by atoms with Crippen molar-refractivity contribution in [2.45, 2.75) is 58.3 Å². The summed E-state index contributed by atoms with van der Waals surface area (Å²) in [5.41, 5.74) is 5.24. The molecule has 3 aromatic carbocycles. The minimum atomic E-state index is 0.0202. The van der Waals surface area contributed by atoms with Crippen molar-refractivity contribution < 1.29 is 19.1 Å². The number of carbonyl (C=O) groups excluding carboxylic acids is 1. The van der Waals surface area contributed by atoms with Crippen LogP contribution < -0.4 is 4.74 Å². The highest BCUT2D eigenvalue weighted by Gasteiger charge is 2.22. The molecule has 44 heavy (non-hydrogen) atoms. The summed E-state index contributed by atoms with van der Waals surface area (Å²) < 4.78 is 11.7. The van der Waals surface area contributed by atoms with Gasteiger partial charge in [0.1, 0.15) is 17.3 Å². The molecule has 0 unspecified atom stereocenters. The van der Waals surface area contributed by atoms with Gasteiger partial charge in [-0.3, -0.25) is 9.69 Å². The van der Waals surface area contributed by atoms with Crippen molar-refractivity contribution in [3.05, 3.63) is 119 Å². The lowest BCUT2D eigenvalue weighted by atomic mass is 9.98. The molecule has 7 heteroatoms. The van der Waals surface area contributed by atoms with Crippen LogP contribution in [0.25, 0.3) is 0 Å². The van der Waals surface area contributed by atoms with E-state index in [1.54, 1.807) is 18.4 Å². The minimum Gasteiger partial charge on any atom is -0.508 e.